The monoisotopic (exact) mass is 243 g/mol. The summed E-state index contributed by atoms with van der Waals surface area (Å²) in [6.07, 6.45) is -2.02. The number of carbonyl (C=O) groups is 1. The molecule has 0 aliphatic carbocycles. The molecule has 0 aromatic heterocycles. The number of rotatable bonds is 2. The normalized spacial score (nSPS) is 16.3. The number of anilines is 1. The third kappa shape index (κ3) is 2.43. The van der Waals surface area contributed by atoms with Crippen molar-refractivity contribution in [3.63, 3.8) is 0 Å². The summed E-state index contributed by atoms with van der Waals surface area (Å²) in [5.74, 6) is 0. The van der Waals surface area contributed by atoms with Gasteiger partial charge in [-0.25, -0.2) is 0 Å². The van der Waals surface area contributed by atoms with E-state index in [1.165, 1.54) is 12.1 Å². The van der Waals surface area contributed by atoms with Crippen LogP contribution in [0.3, 0.4) is 0 Å². The molecule has 0 amide bonds. The predicted octanol–water partition coefficient (Wildman–Crippen LogP) is 3.12. The van der Waals surface area contributed by atoms with Crippen molar-refractivity contribution in [1.29, 1.82) is 0 Å². The highest BCUT2D eigenvalue weighted by molar-refractivity contribution is 5.78. The highest BCUT2D eigenvalue weighted by atomic mass is 19.4. The van der Waals surface area contributed by atoms with E-state index in [1.54, 1.807) is 4.90 Å². The van der Waals surface area contributed by atoms with Crippen LogP contribution in [-0.4, -0.2) is 19.4 Å². The summed E-state index contributed by atoms with van der Waals surface area (Å²) in [6.45, 7) is 1.23. The van der Waals surface area contributed by atoms with Gasteiger partial charge >= 0.3 is 6.18 Å². The zero-order valence-corrected chi connectivity index (χ0v) is 9.13. The van der Waals surface area contributed by atoms with E-state index in [1.807, 2.05) is 0 Å². The van der Waals surface area contributed by atoms with Crippen LogP contribution >= 0.6 is 0 Å². The lowest BCUT2D eigenvalue weighted by Gasteiger charge is -2.22. The van der Waals surface area contributed by atoms with Gasteiger partial charge in [-0.3, -0.25) is 4.79 Å². The van der Waals surface area contributed by atoms with Crippen LogP contribution in [-0.2, 0) is 6.18 Å². The van der Waals surface area contributed by atoms with Gasteiger partial charge in [-0.15, -0.1) is 0 Å². The number of alkyl halides is 3. The Hall–Kier alpha value is -1.52. The van der Waals surface area contributed by atoms with Crippen LogP contribution in [0.5, 0.6) is 0 Å². The first kappa shape index (κ1) is 12.0. The molecule has 0 bridgehead atoms. The number of hydrogen-bond donors (Lipinski definition) is 0. The smallest absolute Gasteiger partial charge is 0.371 e. The maximum Gasteiger partial charge on any atom is 0.418 e. The summed E-state index contributed by atoms with van der Waals surface area (Å²) in [7, 11) is 0. The highest BCUT2D eigenvalue weighted by Crippen LogP contribution is 2.38. The Bertz CT molecular complexity index is 422. The molecule has 17 heavy (non-hydrogen) atoms. The summed E-state index contributed by atoms with van der Waals surface area (Å²) in [5.41, 5.74) is -0.260. The fourth-order valence-corrected chi connectivity index (χ4v) is 2.08. The number of aldehydes is 1. The molecule has 0 N–H and O–H groups in total. The summed E-state index contributed by atoms with van der Waals surface area (Å²) in [5, 5.41) is 0. The highest BCUT2D eigenvalue weighted by Gasteiger charge is 2.35. The Balaban J connectivity index is 2.47. The van der Waals surface area contributed by atoms with E-state index >= 15 is 0 Å². The fraction of sp³-hybridized carbons (Fsp3) is 0.417. The van der Waals surface area contributed by atoms with Crippen molar-refractivity contribution in [3.8, 4) is 0 Å². The molecule has 92 valence electrons. The zero-order valence-electron chi connectivity index (χ0n) is 9.13. The summed E-state index contributed by atoms with van der Waals surface area (Å²) < 4.78 is 38.5. The molecule has 5 heteroatoms. The molecule has 2 nitrogen and oxygen atoms in total. The van der Waals surface area contributed by atoms with E-state index < -0.39 is 11.7 Å². The molecule has 0 saturated carbocycles. The Morgan fingerprint density at radius 1 is 1.18 bits per heavy atom. The Morgan fingerprint density at radius 2 is 1.82 bits per heavy atom. The second kappa shape index (κ2) is 4.39. The average molecular weight is 243 g/mol. The van der Waals surface area contributed by atoms with Crippen molar-refractivity contribution in [3.05, 3.63) is 29.3 Å². The lowest BCUT2D eigenvalue weighted by Crippen LogP contribution is -2.22. The number of hydrogen-bond acceptors (Lipinski definition) is 2. The van der Waals surface area contributed by atoms with Crippen LogP contribution in [0.1, 0.15) is 28.8 Å². The molecule has 1 saturated heterocycles. The predicted molar refractivity (Wildman–Crippen MR) is 58.3 cm³/mol. The van der Waals surface area contributed by atoms with E-state index in [2.05, 4.69) is 0 Å². The minimum Gasteiger partial charge on any atom is -0.371 e. The Morgan fingerprint density at radius 3 is 2.35 bits per heavy atom. The summed E-state index contributed by atoms with van der Waals surface area (Å²) in [4.78, 5) is 12.3. The molecular formula is C12H12F3NO. The second-order valence-electron chi connectivity index (χ2n) is 4.09. The van der Waals surface area contributed by atoms with Crippen LogP contribution in [0.2, 0.25) is 0 Å². The van der Waals surface area contributed by atoms with Crippen LogP contribution in [0, 0.1) is 0 Å². The van der Waals surface area contributed by atoms with Gasteiger partial charge < -0.3 is 4.90 Å². The van der Waals surface area contributed by atoms with Crippen molar-refractivity contribution in [2.45, 2.75) is 19.0 Å². The number of nitrogens with zero attached hydrogens (tertiary/aromatic N) is 1. The molecule has 1 aliphatic heterocycles. The van der Waals surface area contributed by atoms with Gasteiger partial charge in [0.25, 0.3) is 0 Å². The zero-order chi connectivity index (χ0) is 12.5. The first-order valence-electron chi connectivity index (χ1n) is 5.44. The molecule has 0 radical (unpaired) electrons. The van der Waals surface area contributed by atoms with Gasteiger partial charge in [0.05, 0.1) is 5.56 Å². The van der Waals surface area contributed by atoms with Crippen molar-refractivity contribution in [2.75, 3.05) is 18.0 Å². The van der Waals surface area contributed by atoms with Gasteiger partial charge in [-0.2, -0.15) is 13.2 Å². The summed E-state index contributed by atoms with van der Waals surface area (Å²) >= 11 is 0. The number of halogens is 3. The molecule has 0 atom stereocenters. The second-order valence-corrected chi connectivity index (χ2v) is 4.09. The van der Waals surface area contributed by atoms with Crippen LogP contribution in [0.15, 0.2) is 18.2 Å². The lowest BCUT2D eigenvalue weighted by molar-refractivity contribution is -0.137. The van der Waals surface area contributed by atoms with Crippen molar-refractivity contribution >= 4 is 12.0 Å². The first-order chi connectivity index (χ1) is 8.02. The van der Waals surface area contributed by atoms with E-state index in [0.717, 1.165) is 18.9 Å². The minimum atomic E-state index is -4.38. The van der Waals surface area contributed by atoms with Gasteiger partial charge in [0.15, 0.2) is 0 Å². The van der Waals surface area contributed by atoms with Gasteiger partial charge in [-0.1, -0.05) is 6.07 Å². The molecular weight excluding hydrogens is 231 g/mol. The van der Waals surface area contributed by atoms with E-state index in [9.17, 15) is 18.0 Å². The maximum absolute atomic E-state index is 12.8. The molecule has 1 fully saturated rings. The van der Waals surface area contributed by atoms with Gasteiger partial charge in [0.2, 0.25) is 0 Å². The van der Waals surface area contributed by atoms with Crippen LogP contribution in [0.4, 0.5) is 18.9 Å². The molecule has 1 aliphatic rings. The van der Waals surface area contributed by atoms with Crippen LogP contribution < -0.4 is 4.90 Å². The molecule has 1 heterocycles. The maximum atomic E-state index is 12.8. The largest absolute Gasteiger partial charge is 0.418 e. The van der Waals surface area contributed by atoms with Gasteiger partial charge in [0.1, 0.15) is 6.29 Å². The fourth-order valence-electron chi connectivity index (χ4n) is 2.08. The SMILES string of the molecule is O=Cc1ccc(C(F)(F)F)c(N2CCCC2)c1. The van der Waals surface area contributed by atoms with Gasteiger partial charge in [-0.05, 0) is 25.0 Å². The summed E-state index contributed by atoms with van der Waals surface area (Å²) in [6, 6.07) is 3.51. The molecule has 1 aromatic rings. The van der Waals surface area contributed by atoms with E-state index in [-0.39, 0.29) is 11.3 Å². The third-order valence-electron chi connectivity index (χ3n) is 2.91. The Labute approximate surface area is 97.0 Å². The van der Waals surface area contributed by atoms with Crippen LogP contribution in [0.25, 0.3) is 0 Å². The van der Waals surface area contributed by atoms with Gasteiger partial charge in [0, 0.05) is 24.3 Å². The lowest BCUT2D eigenvalue weighted by atomic mass is 10.1. The molecule has 0 unspecified atom stereocenters. The topological polar surface area (TPSA) is 20.3 Å². The van der Waals surface area contributed by atoms with Crippen molar-refractivity contribution in [2.24, 2.45) is 0 Å². The Kier molecular flexibility index (Phi) is 3.09. The standard InChI is InChI=1S/C12H12F3NO/c13-12(14,15)10-4-3-9(8-17)7-11(10)16-5-1-2-6-16/h3-4,7-8H,1-2,5-6H2. The molecule has 1 aromatic carbocycles. The van der Waals surface area contributed by atoms with E-state index in [0.29, 0.717) is 19.4 Å². The number of carbonyl (C=O) groups excluding carboxylic acids is 1. The third-order valence-corrected chi connectivity index (χ3v) is 2.91. The molecule has 2 rings (SSSR count). The molecule has 0 spiro atoms. The minimum absolute atomic E-state index is 0.125. The quantitative estimate of drug-likeness (QED) is 0.744. The van der Waals surface area contributed by atoms with Crippen molar-refractivity contribution in [1.82, 2.24) is 0 Å². The van der Waals surface area contributed by atoms with Crippen molar-refractivity contribution < 1.29 is 18.0 Å². The number of benzene rings is 1. The average Bonchev–Trinajstić information content (AvgIpc) is 2.80. The first-order valence-corrected chi connectivity index (χ1v) is 5.44. The van der Waals surface area contributed by atoms with E-state index in [4.69, 9.17) is 0 Å².